The average Bonchev–Trinajstić information content (AvgIpc) is 2.99. The number of nitrogens with one attached hydrogen (secondary N) is 1. The molecule has 0 aromatic heterocycles. The normalized spacial score (nSPS) is 15.1. The molecule has 0 spiro atoms. The molecule has 1 fully saturated rings. The van der Waals surface area contributed by atoms with Crippen molar-refractivity contribution in [3.05, 3.63) is 65.2 Å². The fraction of sp³-hybridized carbons (Fsp3) is 0.250. The van der Waals surface area contributed by atoms with Crippen molar-refractivity contribution < 1.29 is 14.7 Å². The molecule has 2 amide bonds. The first-order valence-corrected chi connectivity index (χ1v) is 8.65. The Morgan fingerprint density at radius 2 is 1.78 bits per heavy atom. The highest BCUT2D eigenvalue weighted by atomic mass is 16.4. The molecule has 0 aliphatic carbocycles. The number of amidine groups is 1. The van der Waals surface area contributed by atoms with E-state index in [1.54, 1.807) is 41.1 Å². The lowest BCUT2D eigenvalue weighted by Crippen LogP contribution is -2.29. The van der Waals surface area contributed by atoms with Gasteiger partial charge in [-0.05, 0) is 29.7 Å². The Bertz CT molecular complexity index is 862. The van der Waals surface area contributed by atoms with Gasteiger partial charge in [0.15, 0.2) is 0 Å². The zero-order valence-electron chi connectivity index (χ0n) is 15.1. The number of carboxylic acid groups (broad SMARTS) is 1. The highest BCUT2D eigenvalue weighted by molar-refractivity contribution is 5.95. The maximum absolute atomic E-state index is 12.1. The summed E-state index contributed by atoms with van der Waals surface area (Å²) in [7, 11) is 1.77. The number of urea groups is 1. The van der Waals surface area contributed by atoms with Crippen LogP contribution in [0.3, 0.4) is 0 Å². The van der Waals surface area contributed by atoms with Gasteiger partial charge >= 0.3 is 12.0 Å². The number of rotatable bonds is 6. The van der Waals surface area contributed by atoms with Crippen molar-refractivity contribution in [2.24, 2.45) is 5.73 Å². The van der Waals surface area contributed by atoms with Gasteiger partial charge in [-0.3, -0.25) is 15.1 Å². The number of nitrogens with two attached hydrogens (primary N) is 1. The van der Waals surface area contributed by atoms with E-state index in [9.17, 15) is 14.7 Å². The highest BCUT2D eigenvalue weighted by Crippen LogP contribution is 2.25. The molecule has 2 aromatic carbocycles. The molecule has 1 aliphatic rings. The van der Waals surface area contributed by atoms with Crippen LogP contribution in [-0.4, -0.2) is 48.0 Å². The number of hydrogen-bond acceptors (Lipinski definition) is 3. The number of carboxylic acids is 1. The van der Waals surface area contributed by atoms with Crippen LogP contribution in [0.2, 0.25) is 0 Å². The van der Waals surface area contributed by atoms with Crippen molar-refractivity contribution in [1.82, 2.24) is 4.90 Å². The molecule has 1 aliphatic heterocycles. The standard InChI is InChI=1S/C20H22N4O3/c1-23-10-11-24(20(23)27)16-8-2-13(3-9-16)12-17(19(25)26)14-4-6-15(7-5-14)18(21)22/h2-9,17H,10-12H2,1H3,(H3,21,22)(H,25,26). The van der Waals surface area contributed by atoms with Gasteiger partial charge in [0, 0.05) is 31.4 Å². The Labute approximate surface area is 157 Å². The molecule has 3 rings (SSSR count). The average molecular weight is 366 g/mol. The van der Waals surface area contributed by atoms with Gasteiger partial charge in [-0.15, -0.1) is 0 Å². The molecule has 1 saturated heterocycles. The van der Waals surface area contributed by atoms with Crippen molar-refractivity contribution in [3.63, 3.8) is 0 Å². The Kier molecular flexibility index (Phi) is 5.12. The predicted octanol–water partition coefficient (Wildman–Crippen LogP) is 2.25. The molecule has 0 radical (unpaired) electrons. The van der Waals surface area contributed by atoms with Crippen molar-refractivity contribution in [2.75, 3.05) is 25.0 Å². The number of aliphatic carboxylic acids is 1. The second-order valence-electron chi connectivity index (χ2n) is 6.65. The molecule has 0 saturated carbocycles. The van der Waals surface area contributed by atoms with E-state index in [1.807, 2.05) is 24.3 Å². The van der Waals surface area contributed by atoms with E-state index < -0.39 is 11.9 Å². The summed E-state index contributed by atoms with van der Waals surface area (Å²) in [5.41, 5.74) is 8.35. The van der Waals surface area contributed by atoms with Gasteiger partial charge in [-0.2, -0.15) is 0 Å². The minimum Gasteiger partial charge on any atom is -0.481 e. The maximum Gasteiger partial charge on any atom is 0.324 e. The first-order chi connectivity index (χ1) is 12.9. The lowest BCUT2D eigenvalue weighted by atomic mass is 9.91. The molecule has 2 aromatic rings. The summed E-state index contributed by atoms with van der Waals surface area (Å²) in [6.45, 7) is 1.34. The minimum absolute atomic E-state index is 0.0308. The van der Waals surface area contributed by atoms with E-state index in [0.29, 0.717) is 30.6 Å². The highest BCUT2D eigenvalue weighted by Gasteiger charge is 2.26. The Hall–Kier alpha value is -3.35. The van der Waals surface area contributed by atoms with Gasteiger partial charge in [0.05, 0.1) is 5.92 Å². The van der Waals surface area contributed by atoms with E-state index in [1.165, 1.54) is 0 Å². The van der Waals surface area contributed by atoms with Crippen LogP contribution in [-0.2, 0) is 11.2 Å². The molecule has 7 nitrogen and oxygen atoms in total. The molecule has 0 bridgehead atoms. The molecule has 1 heterocycles. The smallest absolute Gasteiger partial charge is 0.324 e. The number of likely N-dealkylation sites (N-methyl/N-ethyl adjacent to an activating group) is 1. The minimum atomic E-state index is -0.911. The lowest BCUT2D eigenvalue weighted by molar-refractivity contribution is -0.138. The zero-order valence-corrected chi connectivity index (χ0v) is 15.1. The topological polar surface area (TPSA) is 111 Å². The van der Waals surface area contributed by atoms with E-state index in [2.05, 4.69) is 0 Å². The molecule has 7 heteroatoms. The number of benzene rings is 2. The van der Waals surface area contributed by atoms with E-state index in [4.69, 9.17) is 11.1 Å². The summed E-state index contributed by atoms with van der Waals surface area (Å²) in [4.78, 5) is 27.2. The third-order valence-corrected chi connectivity index (χ3v) is 4.83. The SMILES string of the molecule is CN1CCN(c2ccc(CC(C(=O)O)c3ccc(C(=N)N)cc3)cc2)C1=O. The largest absolute Gasteiger partial charge is 0.481 e. The molecular weight excluding hydrogens is 344 g/mol. The van der Waals surface area contributed by atoms with Crippen molar-refractivity contribution in [1.29, 1.82) is 5.41 Å². The summed E-state index contributed by atoms with van der Waals surface area (Å²) in [6, 6.07) is 14.1. The number of nitrogen functional groups attached to an aromatic ring is 1. The van der Waals surface area contributed by atoms with Crippen LogP contribution < -0.4 is 10.6 Å². The van der Waals surface area contributed by atoms with Gasteiger partial charge in [0.2, 0.25) is 0 Å². The second-order valence-corrected chi connectivity index (χ2v) is 6.65. The van der Waals surface area contributed by atoms with Gasteiger partial charge in [0.25, 0.3) is 0 Å². The number of nitrogens with zero attached hydrogens (tertiary/aromatic N) is 2. The summed E-state index contributed by atoms with van der Waals surface area (Å²) in [6.07, 6.45) is 0.336. The van der Waals surface area contributed by atoms with Crippen LogP contribution >= 0.6 is 0 Å². The molecule has 1 atom stereocenters. The van der Waals surface area contributed by atoms with Crippen molar-refractivity contribution in [2.45, 2.75) is 12.3 Å². The van der Waals surface area contributed by atoms with Crippen molar-refractivity contribution in [3.8, 4) is 0 Å². The van der Waals surface area contributed by atoms with Crippen LogP contribution in [0.4, 0.5) is 10.5 Å². The number of carbonyl (C=O) groups is 2. The Morgan fingerprint density at radius 3 is 2.26 bits per heavy atom. The summed E-state index contributed by atoms with van der Waals surface area (Å²) in [5, 5.41) is 17.1. The first-order valence-electron chi connectivity index (χ1n) is 8.65. The van der Waals surface area contributed by atoms with E-state index >= 15 is 0 Å². The molecule has 140 valence electrons. The van der Waals surface area contributed by atoms with Crippen LogP contribution in [0.25, 0.3) is 0 Å². The second kappa shape index (κ2) is 7.49. The maximum atomic E-state index is 12.1. The summed E-state index contributed by atoms with van der Waals surface area (Å²) < 4.78 is 0. The molecular formula is C20H22N4O3. The van der Waals surface area contributed by atoms with Crippen LogP contribution in [0.1, 0.15) is 22.6 Å². The third-order valence-electron chi connectivity index (χ3n) is 4.83. The van der Waals surface area contributed by atoms with E-state index in [-0.39, 0.29) is 11.9 Å². The molecule has 27 heavy (non-hydrogen) atoms. The Morgan fingerprint density at radius 1 is 1.15 bits per heavy atom. The van der Waals surface area contributed by atoms with Crippen LogP contribution in [0.15, 0.2) is 48.5 Å². The molecule has 1 unspecified atom stereocenters. The van der Waals surface area contributed by atoms with Gasteiger partial charge in [-0.25, -0.2) is 4.79 Å². The zero-order chi connectivity index (χ0) is 19.6. The summed E-state index contributed by atoms with van der Waals surface area (Å²) >= 11 is 0. The van der Waals surface area contributed by atoms with Gasteiger partial charge in [-0.1, -0.05) is 36.4 Å². The van der Waals surface area contributed by atoms with Gasteiger partial charge < -0.3 is 15.7 Å². The number of anilines is 1. The fourth-order valence-corrected chi connectivity index (χ4v) is 3.18. The third kappa shape index (κ3) is 3.92. The first kappa shape index (κ1) is 18.4. The molecule has 4 N–H and O–H groups in total. The summed E-state index contributed by atoms with van der Waals surface area (Å²) in [5.74, 6) is -1.66. The lowest BCUT2D eigenvalue weighted by Gasteiger charge is -2.17. The predicted molar refractivity (Wildman–Crippen MR) is 103 cm³/mol. The van der Waals surface area contributed by atoms with Crippen molar-refractivity contribution >= 4 is 23.5 Å². The quantitative estimate of drug-likeness (QED) is 0.538. The van der Waals surface area contributed by atoms with Gasteiger partial charge in [0.1, 0.15) is 5.84 Å². The number of carbonyl (C=O) groups excluding carboxylic acids is 1. The van der Waals surface area contributed by atoms with Crippen LogP contribution in [0, 0.1) is 5.41 Å². The monoisotopic (exact) mass is 366 g/mol. The number of amides is 2. The van der Waals surface area contributed by atoms with E-state index in [0.717, 1.165) is 11.3 Å². The number of hydrogen-bond donors (Lipinski definition) is 3. The fourth-order valence-electron chi connectivity index (χ4n) is 3.18. The Balaban J connectivity index is 1.76. The van der Waals surface area contributed by atoms with Crippen LogP contribution in [0.5, 0.6) is 0 Å².